The molecule has 9 heteroatoms. The highest BCUT2D eigenvalue weighted by atomic mass is 35.5. The van der Waals surface area contributed by atoms with E-state index in [4.69, 9.17) is 11.6 Å². The van der Waals surface area contributed by atoms with Gasteiger partial charge in [0.15, 0.2) is 5.16 Å². The standard InChI is InChI=1S/C22H22ClN5O2S/c1-15-4-7-18(13-19(15)23)28-14-24-26-22(28)31-12-10-20(29)25-16-5-8-17(9-6-16)27-11-2-3-21(27)30/h4-9,13-14H,2-3,10-12H2,1H3,(H,25,29). The van der Waals surface area contributed by atoms with Crippen molar-refractivity contribution in [2.45, 2.75) is 31.3 Å². The largest absolute Gasteiger partial charge is 0.326 e. The number of aromatic nitrogens is 3. The van der Waals surface area contributed by atoms with Crippen molar-refractivity contribution in [3.63, 3.8) is 0 Å². The summed E-state index contributed by atoms with van der Waals surface area (Å²) in [5.41, 5.74) is 3.46. The molecule has 1 fully saturated rings. The molecule has 1 aliphatic heterocycles. The molecule has 0 bridgehead atoms. The molecule has 2 heterocycles. The molecule has 1 saturated heterocycles. The van der Waals surface area contributed by atoms with Gasteiger partial charge in [0.25, 0.3) is 0 Å². The Balaban J connectivity index is 1.30. The summed E-state index contributed by atoms with van der Waals surface area (Å²) in [4.78, 5) is 25.9. The third-order valence-electron chi connectivity index (χ3n) is 5.05. The number of rotatable bonds is 7. The van der Waals surface area contributed by atoms with Crippen LogP contribution in [0.5, 0.6) is 0 Å². The molecule has 0 atom stereocenters. The van der Waals surface area contributed by atoms with Crippen LogP contribution in [-0.2, 0) is 9.59 Å². The lowest BCUT2D eigenvalue weighted by Crippen LogP contribution is -2.23. The van der Waals surface area contributed by atoms with Crippen LogP contribution in [0, 0.1) is 6.92 Å². The van der Waals surface area contributed by atoms with Crippen molar-refractivity contribution in [2.24, 2.45) is 0 Å². The minimum absolute atomic E-state index is 0.0815. The highest BCUT2D eigenvalue weighted by molar-refractivity contribution is 7.99. The number of carbonyl (C=O) groups is 2. The highest BCUT2D eigenvalue weighted by Gasteiger charge is 2.21. The van der Waals surface area contributed by atoms with Crippen molar-refractivity contribution in [3.8, 4) is 5.69 Å². The van der Waals surface area contributed by atoms with Crippen molar-refractivity contribution in [2.75, 3.05) is 22.5 Å². The zero-order valence-electron chi connectivity index (χ0n) is 17.0. The van der Waals surface area contributed by atoms with Crippen LogP contribution in [-0.4, -0.2) is 38.9 Å². The molecule has 0 unspecified atom stereocenters. The fourth-order valence-corrected chi connectivity index (χ4v) is 4.38. The number of nitrogens with zero attached hydrogens (tertiary/aromatic N) is 4. The van der Waals surface area contributed by atoms with Crippen LogP contribution in [0.3, 0.4) is 0 Å². The van der Waals surface area contributed by atoms with E-state index < -0.39 is 0 Å². The van der Waals surface area contributed by atoms with Gasteiger partial charge in [-0.1, -0.05) is 29.4 Å². The first-order valence-electron chi connectivity index (χ1n) is 10.0. The quantitative estimate of drug-likeness (QED) is 0.531. The molecule has 160 valence electrons. The Labute approximate surface area is 189 Å². The van der Waals surface area contributed by atoms with Crippen LogP contribution in [0.1, 0.15) is 24.8 Å². The van der Waals surface area contributed by atoms with E-state index in [9.17, 15) is 9.59 Å². The van der Waals surface area contributed by atoms with Crippen molar-refractivity contribution >= 4 is 46.6 Å². The topological polar surface area (TPSA) is 80.1 Å². The molecule has 0 spiro atoms. The maximum Gasteiger partial charge on any atom is 0.227 e. The van der Waals surface area contributed by atoms with Gasteiger partial charge in [0.2, 0.25) is 11.8 Å². The Morgan fingerprint density at radius 1 is 1.19 bits per heavy atom. The second kappa shape index (κ2) is 9.53. The average Bonchev–Trinajstić information content (AvgIpc) is 3.40. The Morgan fingerprint density at radius 2 is 1.97 bits per heavy atom. The van der Waals surface area contributed by atoms with E-state index >= 15 is 0 Å². The monoisotopic (exact) mass is 455 g/mol. The summed E-state index contributed by atoms with van der Waals surface area (Å²) in [5, 5.41) is 12.4. The Bertz CT molecular complexity index is 1100. The third kappa shape index (κ3) is 5.08. The minimum Gasteiger partial charge on any atom is -0.326 e. The lowest BCUT2D eigenvalue weighted by Gasteiger charge is -2.16. The number of nitrogens with one attached hydrogen (secondary N) is 1. The Kier molecular flexibility index (Phi) is 6.58. The first kappa shape index (κ1) is 21.4. The van der Waals surface area contributed by atoms with Gasteiger partial charge in [0, 0.05) is 41.5 Å². The van der Waals surface area contributed by atoms with Crippen molar-refractivity contribution in [1.82, 2.24) is 14.8 Å². The van der Waals surface area contributed by atoms with Crippen molar-refractivity contribution < 1.29 is 9.59 Å². The van der Waals surface area contributed by atoms with Gasteiger partial charge < -0.3 is 10.2 Å². The molecule has 1 aromatic heterocycles. The smallest absolute Gasteiger partial charge is 0.227 e. The van der Waals surface area contributed by atoms with Crippen molar-refractivity contribution in [1.29, 1.82) is 0 Å². The minimum atomic E-state index is -0.0815. The summed E-state index contributed by atoms with van der Waals surface area (Å²) in [6.07, 6.45) is 3.45. The number of amides is 2. The summed E-state index contributed by atoms with van der Waals surface area (Å²) >= 11 is 7.68. The number of benzene rings is 2. The Hall–Kier alpha value is -2.84. The van der Waals surface area contributed by atoms with Gasteiger partial charge in [-0.2, -0.15) is 0 Å². The number of aryl methyl sites for hydroxylation is 1. The van der Waals surface area contributed by atoms with E-state index in [2.05, 4.69) is 15.5 Å². The van der Waals surface area contributed by atoms with Crippen LogP contribution < -0.4 is 10.2 Å². The molecule has 2 aromatic carbocycles. The molecule has 1 aliphatic rings. The van der Waals surface area contributed by atoms with E-state index in [0.29, 0.717) is 34.5 Å². The van der Waals surface area contributed by atoms with Gasteiger partial charge in [-0.15, -0.1) is 10.2 Å². The van der Waals surface area contributed by atoms with E-state index in [-0.39, 0.29) is 11.8 Å². The SMILES string of the molecule is Cc1ccc(-n2cnnc2SCCC(=O)Nc2ccc(N3CCCC3=O)cc2)cc1Cl. The second-order valence-corrected chi connectivity index (χ2v) is 8.73. The number of carbonyl (C=O) groups excluding carboxylic acids is 2. The predicted molar refractivity (Wildman–Crippen MR) is 123 cm³/mol. The maximum absolute atomic E-state index is 12.3. The lowest BCUT2D eigenvalue weighted by molar-refractivity contribution is -0.117. The molecule has 0 radical (unpaired) electrons. The lowest BCUT2D eigenvalue weighted by atomic mass is 10.2. The molecule has 4 rings (SSSR count). The molecule has 3 aromatic rings. The zero-order chi connectivity index (χ0) is 21.8. The van der Waals surface area contributed by atoms with E-state index in [1.54, 1.807) is 11.2 Å². The van der Waals surface area contributed by atoms with Crippen LogP contribution >= 0.6 is 23.4 Å². The molecule has 2 amide bonds. The summed E-state index contributed by atoms with van der Waals surface area (Å²) in [5.74, 6) is 0.626. The summed E-state index contributed by atoms with van der Waals surface area (Å²) < 4.78 is 1.85. The first-order chi connectivity index (χ1) is 15.0. The number of anilines is 2. The molecular weight excluding hydrogens is 434 g/mol. The van der Waals surface area contributed by atoms with Crippen LogP contribution in [0.15, 0.2) is 53.9 Å². The number of thioether (sulfide) groups is 1. The van der Waals surface area contributed by atoms with Gasteiger partial charge in [0.05, 0.1) is 5.69 Å². The summed E-state index contributed by atoms with van der Waals surface area (Å²) in [6.45, 7) is 2.70. The molecule has 7 nitrogen and oxygen atoms in total. The predicted octanol–water partition coefficient (Wildman–Crippen LogP) is 4.48. The Morgan fingerprint density at radius 3 is 2.68 bits per heavy atom. The van der Waals surface area contributed by atoms with Gasteiger partial charge in [-0.3, -0.25) is 14.2 Å². The average molecular weight is 456 g/mol. The number of hydrogen-bond donors (Lipinski definition) is 1. The molecule has 0 aliphatic carbocycles. The third-order valence-corrected chi connectivity index (χ3v) is 6.40. The fraction of sp³-hybridized carbons (Fsp3) is 0.273. The summed E-state index contributed by atoms with van der Waals surface area (Å²) in [6, 6.07) is 13.2. The molecular formula is C22H22ClN5O2S. The number of halogens is 1. The molecule has 1 N–H and O–H groups in total. The molecule has 0 saturated carbocycles. The van der Waals surface area contributed by atoms with E-state index in [1.165, 1.54) is 11.8 Å². The van der Waals surface area contributed by atoms with Gasteiger partial charge in [-0.25, -0.2) is 0 Å². The maximum atomic E-state index is 12.3. The fourth-order valence-electron chi connectivity index (χ4n) is 3.34. The normalized spacial score (nSPS) is 13.6. The molecule has 31 heavy (non-hydrogen) atoms. The van der Waals surface area contributed by atoms with E-state index in [0.717, 1.165) is 29.9 Å². The van der Waals surface area contributed by atoms with Crippen LogP contribution in [0.2, 0.25) is 5.02 Å². The second-order valence-electron chi connectivity index (χ2n) is 7.26. The van der Waals surface area contributed by atoms with Crippen LogP contribution in [0.25, 0.3) is 5.69 Å². The first-order valence-corrected chi connectivity index (χ1v) is 11.4. The van der Waals surface area contributed by atoms with Gasteiger partial charge in [-0.05, 0) is 55.3 Å². The van der Waals surface area contributed by atoms with Crippen LogP contribution in [0.4, 0.5) is 11.4 Å². The van der Waals surface area contributed by atoms with Crippen molar-refractivity contribution in [3.05, 3.63) is 59.4 Å². The van der Waals surface area contributed by atoms with Gasteiger partial charge in [0.1, 0.15) is 6.33 Å². The van der Waals surface area contributed by atoms with Gasteiger partial charge >= 0.3 is 0 Å². The number of hydrogen-bond acceptors (Lipinski definition) is 5. The highest BCUT2D eigenvalue weighted by Crippen LogP contribution is 2.25. The zero-order valence-corrected chi connectivity index (χ0v) is 18.6. The summed E-state index contributed by atoms with van der Waals surface area (Å²) in [7, 11) is 0. The van der Waals surface area contributed by atoms with E-state index in [1.807, 2.05) is 54.0 Å².